The van der Waals surface area contributed by atoms with Gasteiger partial charge in [0.25, 0.3) is 0 Å². The van der Waals surface area contributed by atoms with Crippen molar-refractivity contribution in [2.24, 2.45) is 0 Å². The molecule has 0 spiro atoms. The second-order valence-corrected chi connectivity index (χ2v) is 4.71. The molecule has 2 N–H and O–H groups in total. The van der Waals surface area contributed by atoms with Crippen LogP contribution in [-0.2, 0) is 6.61 Å². The fourth-order valence-electron chi connectivity index (χ4n) is 2.03. The highest BCUT2D eigenvalue weighted by Crippen LogP contribution is 2.31. The first-order valence-electron chi connectivity index (χ1n) is 6.88. The van der Waals surface area contributed by atoms with Gasteiger partial charge in [-0.1, -0.05) is 36.4 Å². The van der Waals surface area contributed by atoms with Gasteiger partial charge in [0.15, 0.2) is 11.5 Å². The van der Waals surface area contributed by atoms with Gasteiger partial charge in [-0.2, -0.15) is 0 Å². The van der Waals surface area contributed by atoms with Crippen LogP contribution in [-0.4, -0.2) is 23.9 Å². The summed E-state index contributed by atoms with van der Waals surface area (Å²) in [5.74, 6) is 1.20. The Morgan fingerprint density at radius 3 is 2.48 bits per heavy atom. The van der Waals surface area contributed by atoms with E-state index in [4.69, 9.17) is 14.6 Å². The minimum absolute atomic E-state index is 0.0598. The Morgan fingerprint density at radius 1 is 1.05 bits per heavy atom. The third-order valence-corrected chi connectivity index (χ3v) is 3.21. The summed E-state index contributed by atoms with van der Waals surface area (Å²) in [5, 5.41) is 18.8. The van der Waals surface area contributed by atoms with Gasteiger partial charge in [-0.05, 0) is 23.3 Å². The van der Waals surface area contributed by atoms with Crippen LogP contribution in [0.2, 0.25) is 0 Å². The van der Waals surface area contributed by atoms with Gasteiger partial charge in [0, 0.05) is 13.0 Å². The van der Waals surface area contributed by atoms with Gasteiger partial charge in [0.2, 0.25) is 0 Å². The zero-order valence-corrected chi connectivity index (χ0v) is 12.0. The highest BCUT2D eigenvalue weighted by molar-refractivity contribution is 5.43. The van der Waals surface area contributed by atoms with Crippen molar-refractivity contribution < 1.29 is 19.7 Å². The van der Waals surface area contributed by atoms with Crippen molar-refractivity contribution in [3.8, 4) is 11.5 Å². The minimum atomic E-state index is -0.702. The molecule has 0 saturated carbocycles. The fourth-order valence-corrected chi connectivity index (χ4v) is 2.03. The van der Waals surface area contributed by atoms with E-state index in [1.807, 2.05) is 30.3 Å². The number of aliphatic hydroxyl groups excluding tert-OH is 2. The van der Waals surface area contributed by atoms with Crippen LogP contribution >= 0.6 is 0 Å². The molecular formula is C17H20O4. The fraction of sp³-hybridized carbons (Fsp3) is 0.294. The maximum Gasteiger partial charge on any atom is 0.161 e. The molecule has 4 heteroatoms. The molecule has 0 heterocycles. The molecular weight excluding hydrogens is 268 g/mol. The normalized spacial score (nSPS) is 12.0. The van der Waals surface area contributed by atoms with Gasteiger partial charge >= 0.3 is 0 Å². The topological polar surface area (TPSA) is 58.9 Å². The quantitative estimate of drug-likeness (QED) is 0.822. The van der Waals surface area contributed by atoms with Crippen molar-refractivity contribution in [1.29, 1.82) is 0 Å². The van der Waals surface area contributed by atoms with Crippen molar-refractivity contribution >= 4 is 0 Å². The zero-order chi connectivity index (χ0) is 15.1. The van der Waals surface area contributed by atoms with E-state index in [0.29, 0.717) is 30.1 Å². The van der Waals surface area contributed by atoms with Crippen molar-refractivity contribution in [3.05, 3.63) is 59.7 Å². The third-order valence-electron chi connectivity index (χ3n) is 3.21. The van der Waals surface area contributed by atoms with Gasteiger partial charge in [-0.25, -0.2) is 0 Å². The monoisotopic (exact) mass is 288 g/mol. The van der Waals surface area contributed by atoms with E-state index >= 15 is 0 Å². The van der Waals surface area contributed by atoms with Crippen molar-refractivity contribution in [1.82, 2.24) is 0 Å². The minimum Gasteiger partial charge on any atom is -0.493 e. The Hall–Kier alpha value is -2.04. The first-order valence-corrected chi connectivity index (χ1v) is 6.88. The molecule has 0 aliphatic carbocycles. The molecule has 4 nitrogen and oxygen atoms in total. The molecule has 2 aromatic carbocycles. The predicted octanol–water partition coefficient (Wildman–Crippen LogP) is 2.69. The maximum absolute atomic E-state index is 9.88. The SMILES string of the molecule is COc1cc(C(O)CCO)ccc1OCc1ccccc1. The van der Waals surface area contributed by atoms with Gasteiger partial charge < -0.3 is 19.7 Å². The molecule has 0 radical (unpaired) electrons. The van der Waals surface area contributed by atoms with Crippen molar-refractivity contribution in [3.63, 3.8) is 0 Å². The van der Waals surface area contributed by atoms with Crippen molar-refractivity contribution in [2.45, 2.75) is 19.1 Å². The summed E-state index contributed by atoms with van der Waals surface area (Å²) in [6, 6.07) is 15.2. The lowest BCUT2D eigenvalue weighted by Gasteiger charge is -2.14. The maximum atomic E-state index is 9.88. The van der Waals surface area contributed by atoms with E-state index in [-0.39, 0.29) is 6.61 Å². The van der Waals surface area contributed by atoms with Crippen LogP contribution in [0.15, 0.2) is 48.5 Å². The molecule has 2 rings (SSSR count). The number of rotatable bonds is 7. The Balaban J connectivity index is 2.09. The van der Waals surface area contributed by atoms with Crippen LogP contribution in [0, 0.1) is 0 Å². The molecule has 21 heavy (non-hydrogen) atoms. The second-order valence-electron chi connectivity index (χ2n) is 4.71. The molecule has 0 aromatic heterocycles. The average molecular weight is 288 g/mol. The van der Waals surface area contributed by atoms with Gasteiger partial charge in [-0.15, -0.1) is 0 Å². The van der Waals surface area contributed by atoms with Gasteiger partial charge in [0.05, 0.1) is 13.2 Å². The summed E-state index contributed by atoms with van der Waals surface area (Å²) in [5.41, 5.74) is 1.77. The molecule has 0 aliphatic heterocycles. The van der Waals surface area contributed by atoms with E-state index in [1.54, 1.807) is 25.3 Å². The highest BCUT2D eigenvalue weighted by atomic mass is 16.5. The van der Waals surface area contributed by atoms with E-state index in [2.05, 4.69) is 0 Å². The van der Waals surface area contributed by atoms with Crippen LogP contribution < -0.4 is 9.47 Å². The largest absolute Gasteiger partial charge is 0.493 e. The summed E-state index contributed by atoms with van der Waals surface area (Å²) >= 11 is 0. The van der Waals surface area contributed by atoms with Crippen LogP contribution in [0.4, 0.5) is 0 Å². The lowest BCUT2D eigenvalue weighted by atomic mass is 10.1. The summed E-state index contributed by atoms with van der Waals surface area (Å²) in [7, 11) is 1.56. The summed E-state index contributed by atoms with van der Waals surface area (Å²) in [4.78, 5) is 0. The summed E-state index contributed by atoms with van der Waals surface area (Å²) in [6.07, 6.45) is -0.403. The van der Waals surface area contributed by atoms with Crippen LogP contribution in [0.3, 0.4) is 0 Å². The Morgan fingerprint density at radius 2 is 1.81 bits per heavy atom. The number of ether oxygens (including phenoxy) is 2. The lowest BCUT2D eigenvalue weighted by Crippen LogP contribution is -2.02. The first kappa shape index (κ1) is 15.4. The zero-order valence-electron chi connectivity index (χ0n) is 12.0. The first-order chi connectivity index (χ1) is 10.2. The molecule has 112 valence electrons. The second kappa shape index (κ2) is 7.67. The molecule has 1 unspecified atom stereocenters. The Labute approximate surface area is 124 Å². The number of benzene rings is 2. The number of hydrogen-bond donors (Lipinski definition) is 2. The molecule has 0 fully saturated rings. The average Bonchev–Trinajstić information content (AvgIpc) is 2.54. The molecule has 0 bridgehead atoms. The van der Waals surface area contributed by atoms with Crippen LogP contribution in [0.1, 0.15) is 23.7 Å². The van der Waals surface area contributed by atoms with Gasteiger partial charge in [-0.3, -0.25) is 0 Å². The standard InChI is InChI=1S/C17H20O4/c1-20-17-11-14(15(19)9-10-18)7-8-16(17)21-12-13-5-3-2-4-6-13/h2-8,11,15,18-19H,9-10,12H2,1H3. The van der Waals surface area contributed by atoms with E-state index in [1.165, 1.54) is 0 Å². The van der Waals surface area contributed by atoms with Crippen molar-refractivity contribution in [2.75, 3.05) is 13.7 Å². The van der Waals surface area contributed by atoms with Crippen LogP contribution in [0.25, 0.3) is 0 Å². The molecule has 0 amide bonds. The highest BCUT2D eigenvalue weighted by Gasteiger charge is 2.11. The number of aliphatic hydroxyl groups is 2. The summed E-state index contributed by atoms with van der Waals surface area (Å²) in [6.45, 7) is 0.394. The Bertz CT molecular complexity index is 554. The van der Waals surface area contributed by atoms with E-state index < -0.39 is 6.10 Å². The lowest BCUT2D eigenvalue weighted by molar-refractivity contribution is 0.134. The number of hydrogen-bond acceptors (Lipinski definition) is 4. The smallest absolute Gasteiger partial charge is 0.161 e. The molecule has 2 aromatic rings. The van der Waals surface area contributed by atoms with Gasteiger partial charge in [0.1, 0.15) is 6.61 Å². The van der Waals surface area contributed by atoms with Crippen LogP contribution in [0.5, 0.6) is 11.5 Å². The molecule has 1 atom stereocenters. The molecule has 0 saturated heterocycles. The Kier molecular flexibility index (Phi) is 5.60. The molecule has 0 aliphatic rings. The third kappa shape index (κ3) is 4.21. The summed E-state index contributed by atoms with van der Waals surface area (Å²) < 4.78 is 11.1. The number of methoxy groups -OCH3 is 1. The van der Waals surface area contributed by atoms with E-state index in [0.717, 1.165) is 5.56 Å². The predicted molar refractivity (Wildman–Crippen MR) is 80.4 cm³/mol. The van der Waals surface area contributed by atoms with E-state index in [9.17, 15) is 5.11 Å².